The third-order valence-electron chi connectivity index (χ3n) is 8.95. The molecule has 1 N–H and O–H groups in total. The fourth-order valence-electron chi connectivity index (χ4n) is 6.80. The molecule has 198 valence electrons. The Morgan fingerprint density at radius 2 is 1.73 bits per heavy atom. The summed E-state index contributed by atoms with van der Waals surface area (Å²) in [5, 5.41) is 10.4. The van der Waals surface area contributed by atoms with E-state index >= 15 is 0 Å². The van der Waals surface area contributed by atoms with Crippen molar-refractivity contribution in [3.8, 4) is 5.69 Å². The largest absolute Gasteiger partial charge is 0.396 e. The second kappa shape index (κ2) is 10.5. The molecule has 1 saturated carbocycles. The van der Waals surface area contributed by atoms with Crippen molar-refractivity contribution in [1.29, 1.82) is 0 Å². The summed E-state index contributed by atoms with van der Waals surface area (Å²) in [5.74, 6) is 1.86. The number of hydrogen-bond donors (Lipinski definition) is 1. The molecular formula is C31H40ClN3O2. The van der Waals surface area contributed by atoms with E-state index in [1.54, 1.807) is 6.07 Å². The average molecular weight is 522 g/mol. The summed E-state index contributed by atoms with van der Waals surface area (Å²) in [7, 11) is 0. The van der Waals surface area contributed by atoms with Gasteiger partial charge in [-0.05, 0) is 107 Å². The topological polar surface area (TPSA) is 58.4 Å². The Hall–Kier alpha value is -2.21. The van der Waals surface area contributed by atoms with Crippen LogP contribution in [0.15, 0.2) is 41.2 Å². The van der Waals surface area contributed by atoms with E-state index in [9.17, 15) is 9.90 Å². The molecule has 0 atom stereocenters. The van der Waals surface area contributed by atoms with Crippen LogP contribution in [0.5, 0.6) is 0 Å². The van der Waals surface area contributed by atoms with Crippen molar-refractivity contribution in [2.24, 2.45) is 5.92 Å². The van der Waals surface area contributed by atoms with Crippen molar-refractivity contribution in [2.75, 3.05) is 19.7 Å². The van der Waals surface area contributed by atoms with Crippen LogP contribution in [0.2, 0.25) is 5.02 Å². The highest BCUT2D eigenvalue weighted by atomic mass is 35.5. The van der Waals surface area contributed by atoms with Gasteiger partial charge in [-0.2, -0.15) is 4.98 Å². The zero-order valence-electron chi connectivity index (χ0n) is 22.6. The van der Waals surface area contributed by atoms with E-state index < -0.39 is 0 Å². The molecule has 1 saturated heterocycles. The van der Waals surface area contributed by atoms with E-state index in [2.05, 4.69) is 46.5 Å². The summed E-state index contributed by atoms with van der Waals surface area (Å²) < 4.78 is 2.13. The predicted molar refractivity (Wildman–Crippen MR) is 152 cm³/mol. The van der Waals surface area contributed by atoms with Crippen LogP contribution < -0.4 is 5.56 Å². The number of hydrogen-bond acceptors (Lipinski definition) is 4. The highest BCUT2D eigenvalue weighted by Gasteiger charge is 2.39. The second-order valence-electron chi connectivity index (χ2n) is 11.3. The van der Waals surface area contributed by atoms with Crippen LogP contribution in [0.4, 0.5) is 0 Å². The van der Waals surface area contributed by atoms with Crippen LogP contribution in [-0.2, 0) is 5.41 Å². The number of fused-ring (bicyclic) bond motifs is 5. The summed E-state index contributed by atoms with van der Waals surface area (Å²) in [6.07, 6.45) is 7.15. The van der Waals surface area contributed by atoms with Gasteiger partial charge >= 0.3 is 0 Å². The SMILES string of the molecule is CC.CC1(C)c2cc(C3CCN(C4CCC(CO)CC4)CC3)ccc2-n2c1nc(=O)c1c(Cl)cccc12. The summed E-state index contributed by atoms with van der Waals surface area (Å²) in [6.45, 7) is 11.0. The summed E-state index contributed by atoms with van der Waals surface area (Å²) >= 11 is 6.40. The van der Waals surface area contributed by atoms with Crippen molar-refractivity contribution in [1.82, 2.24) is 14.5 Å². The molecule has 37 heavy (non-hydrogen) atoms. The molecule has 1 aliphatic carbocycles. The van der Waals surface area contributed by atoms with Gasteiger partial charge in [0, 0.05) is 12.6 Å². The zero-order valence-corrected chi connectivity index (χ0v) is 23.4. The minimum atomic E-state index is -0.354. The summed E-state index contributed by atoms with van der Waals surface area (Å²) in [4.78, 5) is 20.1. The Morgan fingerprint density at radius 1 is 1.03 bits per heavy atom. The maximum atomic E-state index is 12.9. The highest BCUT2D eigenvalue weighted by Crippen LogP contribution is 2.45. The molecular weight excluding hydrogens is 482 g/mol. The van der Waals surface area contributed by atoms with Gasteiger partial charge in [-0.15, -0.1) is 0 Å². The molecule has 0 unspecified atom stereocenters. The lowest BCUT2D eigenvalue weighted by atomic mass is 9.80. The molecule has 2 fully saturated rings. The Labute approximate surface area is 225 Å². The first-order chi connectivity index (χ1) is 17.9. The molecule has 0 spiro atoms. The number of aliphatic hydroxyl groups is 1. The number of halogens is 1. The van der Waals surface area contributed by atoms with E-state index in [0.717, 1.165) is 43.0 Å². The van der Waals surface area contributed by atoms with Crippen LogP contribution in [-0.4, -0.2) is 45.3 Å². The Balaban J connectivity index is 0.00000137. The molecule has 0 amide bonds. The molecule has 3 heterocycles. The number of benzene rings is 2. The number of piperidine rings is 1. The monoisotopic (exact) mass is 521 g/mol. The number of aliphatic hydroxyl groups excluding tert-OH is 1. The lowest BCUT2D eigenvalue weighted by Crippen LogP contribution is -2.43. The number of nitrogens with zero attached hydrogens (tertiary/aromatic N) is 3. The number of likely N-dealkylation sites (tertiary alicyclic amines) is 1. The van der Waals surface area contributed by atoms with Crippen molar-refractivity contribution in [3.05, 3.63) is 68.7 Å². The molecule has 5 nitrogen and oxygen atoms in total. The molecule has 0 radical (unpaired) electrons. The third-order valence-corrected chi connectivity index (χ3v) is 9.27. The first kappa shape index (κ1) is 26.4. The van der Waals surface area contributed by atoms with E-state index in [0.29, 0.717) is 34.9 Å². The van der Waals surface area contributed by atoms with Crippen LogP contribution in [0.25, 0.3) is 16.6 Å². The Kier molecular flexibility index (Phi) is 7.50. The first-order valence-electron chi connectivity index (χ1n) is 14.1. The van der Waals surface area contributed by atoms with Gasteiger partial charge in [0.05, 0.1) is 27.0 Å². The molecule has 6 rings (SSSR count). The van der Waals surface area contributed by atoms with Gasteiger partial charge in [-0.25, -0.2) is 0 Å². The predicted octanol–water partition coefficient (Wildman–Crippen LogP) is 6.44. The lowest BCUT2D eigenvalue weighted by Gasteiger charge is -2.41. The molecule has 0 bridgehead atoms. The maximum absolute atomic E-state index is 12.9. The van der Waals surface area contributed by atoms with Gasteiger partial charge in [0.25, 0.3) is 5.56 Å². The van der Waals surface area contributed by atoms with Gasteiger partial charge in [0.2, 0.25) is 0 Å². The zero-order chi connectivity index (χ0) is 26.3. The third kappa shape index (κ3) is 4.53. The molecule has 3 aromatic rings. The van der Waals surface area contributed by atoms with Gasteiger partial charge in [-0.3, -0.25) is 9.36 Å². The molecule has 6 heteroatoms. The van der Waals surface area contributed by atoms with Crippen LogP contribution in [0, 0.1) is 5.92 Å². The Morgan fingerprint density at radius 3 is 2.41 bits per heavy atom. The highest BCUT2D eigenvalue weighted by molar-refractivity contribution is 6.35. The van der Waals surface area contributed by atoms with E-state index in [-0.39, 0.29) is 11.0 Å². The van der Waals surface area contributed by atoms with Gasteiger partial charge in [0.1, 0.15) is 5.82 Å². The molecule has 1 aromatic heterocycles. The van der Waals surface area contributed by atoms with Crippen molar-refractivity contribution in [2.45, 2.75) is 83.6 Å². The van der Waals surface area contributed by atoms with E-state index in [1.165, 1.54) is 36.8 Å². The molecule has 2 aromatic carbocycles. The van der Waals surface area contributed by atoms with Crippen LogP contribution >= 0.6 is 11.6 Å². The summed E-state index contributed by atoms with van der Waals surface area (Å²) in [5.41, 5.74) is 3.96. The van der Waals surface area contributed by atoms with Crippen molar-refractivity contribution in [3.63, 3.8) is 0 Å². The first-order valence-corrected chi connectivity index (χ1v) is 14.5. The number of aromatic nitrogens is 2. The van der Waals surface area contributed by atoms with Crippen LogP contribution in [0.1, 0.15) is 89.1 Å². The minimum Gasteiger partial charge on any atom is -0.396 e. The fourth-order valence-corrected chi connectivity index (χ4v) is 7.05. The van der Waals surface area contributed by atoms with Crippen molar-refractivity contribution >= 4 is 22.5 Å². The summed E-state index contributed by atoms with van der Waals surface area (Å²) in [6, 6.07) is 13.2. The molecule has 2 aliphatic heterocycles. The number of rotatable bonds is 3. The molecule has 3 aliphatic rings. The Bertz CT molecular complexity index is 1330. The maximum Gasteiger partial charge on any atom is 0.282 e. The fraction of sp³-hybridized carbons (Fsp3) is 0.548. The van der Waals surface area contributed by atoms with Crippen molar-refractivity contribution < 1.29 is 5.11 Å². The van der Waals surface area contributed by atoms with E-state index in [4.69, 9.17) is 11.6 Å². The minimum absolute atomic E-state index is 0.252. The second-order valence-corrected chi connectivity index (χ2v) is 11.7. The van der Waals surface area contributed by atoms with Gasteiger partial charge < -0.3 is 10.0 Å². The average Bonchev–Trinajstić information content (AvgIpc) is 3.16. The standard InChI is InChI=1S/C29H34ClN3O2.C2H6/c1-29(2)22-16-20(19-12-14-32(15-13-19)21-9-6-18(17-34)7-10-21)8-11-24(22)33-25-5-3-4-23(30)26(25)27(35)31-28(29)33;1-2/h3-5,8,11,16,18-19,21,34H,6-7,9-10,12-15,17H2,1-2H3;1-2H3. The smallest absolute Gasteiger partial charge is 0.282 e. The lowest BCUT2D eigenvalue weighted by molar-refractivity contribution is 0.0907. The normalized spacial score (nSPS) is 23.3. The quantitative estimate of drug-likeness (QED) is 0.431. The van der Waals surface area contributed by atoms with Crippen LogP contribution in [0.3, 0.4) is 0 Å². The van der Waals surface area contributed by atoms with E-state index in [1.807, 2.05) is 26.0 Å². The van der Waals surface area contributed by atoms with Gasteiger partial charge in [-0.1, -0.05) is 43.6 Å². The van der Waals surface area contributed by atoms with Gasteiger partial charge in [0.15, 0.2) is 0 Å².